The number of ether oxygens (including phenoxy) is 1. The zero-order valence-electron chi connectivity index (χ0n) is 10.1. The van der Waals surface area contributed by atoms with E-state index in [4.69, 9.17) is 15.9 Å². The molecule has 2 rings (SSSR count). The predicted octanol–water partition coefficient (Wildman–Crippen LogP) is 1.19. The Morgan fingerprint density at radius 1 is 1.47 bits per heavy atom. The van der Waals surface area contributed by atoms with E-state index in [9.17, 15) is 0 Å². The SMILES string of the molecule is COC1CCN(Cc2ccc(C(=N)N)cc2)C1. The first-order chi connectivity index (χ1) is 8.19. The molecule has 0 spiro atoms. The normalized spacial score (nSPS) is 20.6. The van der Waals surface area contributed by atoms with Gasteiger partial charge in [0, 0.05) is 32.3 Å². The van der Waals surface area contributed by atoms with Crippen molar-refractivity contribution in [3.8, 4) is 0 Å². The predicted molar refractivity (Wildman–Crippen MR) is 68.1 cm³/mol. The van der Waals surface area contributed by atoms with Crippen LogP contribution in [0.15, 0.2) is 24.3 Å². The lowest BCUT2D eigenvalue weighted by Crippen LogP contribution is -2.22. The highest BCUT2D eigenvalue weighted by Crippen LogP contribution is 2.15. The van der Waals surface area contributed by atoms with Crippen molar-refractivity contribution in [2.75, 3.05) is 20.2 Å². The summed E-state index contributed by atoms with van der Waals surface area (Å²) in [6.45, 7) is 3.04. The van der Waals surface area contributed by atoms with Crippen molar-refractivity contribution in [3.63, 3.8) is 0 Å². The number of nitrogens with two attached hydrogens (primary N) is 1. The Hall–Kier alpha value is -1.39. The summed E-state index contributed by atoms with van der Waals surface area (Å²) < 4.78 is 5.34. The van der Waals surface area contributed by atoms with E-state index in [-0.39, 0.29) is 5.84 Å². The summed E-state index contributed by atoms with van der Waals surface area (Å²) in [5.74, 6) is 0.122. The number of hydrogen-bond acceptors (Lipinski definition) is 3. The largest absolute Gasteiger partial charge is 0.384 e. The maximum atomic E-state index is 7.33. The molecule has 0 aromatic heterocycles. The average molecular weight is 233 g/mol. The molecule has 0 aliphatic carbocycles. The van der Waals surface area contributed by atoms with Gasteiger partial charge in [0.1, 0.15) is 5.84 Å². The van der Waals surface area contributed by atoms with Gasteiger partial charge in [0.15, 0.2) is 0 Å². The number of likely N-dealkylation sites (tertiary alicyclic amines) is 1. The Bertz CT molecular complexity index is 388. The van der Waals surface area contributed by atoms with Crippen LogP contribution in [-0.2, 0) is 11.3 Å². The highest BCUT2D eigenvalue weighted by molar-refractivity contribution is 5.94. The molecule has 0 amide bonds. The van der Waals surface area contributed by atoms with Gasteiger partial charge >= 0.3 is 0 Å². The van der Waals surface area contributed by atoms with E-state index in [2.05, 4.69) is 4.90 Å². The van der Waals surface area contributed by atoms with E-state index in [0.29, 0.717) is 6.10 Å². The molecular formula is C13H19N3O. The van der Waals surface area contributed by atoms with Crippen molar-refractivity contribution in [1.82, 2.24) is 4.90 Å². The summed E-state index contributed by atoms with van der Waals surface area (Å²) in [6, 6.07) is 7.89. The summed E-state index contributed by atoms with van der Waals surface area (Å²) in [6.07, 6.45) is 1.49. The van der Waals surface area contributed by atoms with Crippen molar-refractivity contribution in [2.45, 2.75) is 19.1 Å². The first-order valence-corrected chi connectivity index (χ1v) is 5.87. The summed E-state index contributed by atoms with van der Waals surface area (Å²) >= 11 is 0. The first kappa shape index (κ1) is 12.1. The van der Waals surface area contributed by atoms with Gasteiger partial charge < -0.3 is 10.5 Å². The van der Waals surface area contributed by atoms with E-state index >= 15 is 0 Å². The molecule has 1 fully saturated rings. The Morgan fingerprint density at radius 2 is 2.18 bits per heavy atom. The molecule has 17 heavy (non-hydrogen) atoms. The number of rotatable bonds is 4. The van der Waals surface area contributed by atoms with Gasteiger partial charge in [-0.3, -0.25) is 10.3 Å². The van der Waals surface area contributed by atoms with E-state index in [1.54, 1.807) is 7.11 Å². The van der Waals surface area contributed by atoms with Crippen LogP contribution >= 0.6 is 0 Å². The topological polar surface area (TPSA) is 62.3 Å². The smallest absolute Gasteiger partial charge is 0.122 e. The maximum absolute atomic E-state index is 7.33. The van der Waals surface area contributed by atoms with Crippen LogP contribution in [0.1, 0.15) is 17.5 Å². The van der Waals surface area contributed by atoms with Crippen molar-refractivity contribution in [3.05, 3.63) is 35.4 Å². The van der Waals surface area contributed by atoms with Gasteiger partial charge in [-0.1, -0.05) is 24.3 Å². The number of nitrogens with zero attached hydrogens (tertiary/aromatic N) is 1. The van der Waals surface area contributed by atoms with E-state index < -0.39 is 0 Å². The molecule has 0 bridgehead atoms. The molecule has 1 saturated heterocycles. The van der Waals surface area contributed by atoms with Crippen LogP contribution in [-0.4, -0.2) is 37.0 Å². The van der Waals surface area contributed by atoms with E-state index in [1.165, 1.54) is 5.56 Å². The quantitative estimate of drug-likeness (QED) is 0.606. The lowest BCUT2D eigenvalue weighted by Gasteiger charge is -2.15. The fourth-order valence-corrected chi connectivity index (χ4v) is 2.18. The summed E-state index contributed by atoms with van der Waals surface area (Å²) in [5.41, 5.74) is 7.46. The van der Waals surface area contributed by atoms with E-state index in [1.807, 2.05) is 24.3 Å². The monoisotopic (exact) mass is 233 g/mol. The lowest BCUT2D eigenvalue weighted by atomic mass is 10.1. The van der Waals surface area contributed by atoms with Crippen molar-refractivity contribution in [1.29, 1.82) is 5.41 Å². The van der Waals surface area contributed by atoms with Crippen LogP contribution in [0.2, 0.25) is 0 Å². The zero-order chi connectivity index (χ0) is 12.3. The minimum atomic E-state index is 0.122. The van der Waals surface area contributed by atoms with Crippen LogP contribution in [0, 0.1) is 5.41 Å². The summed E-state index contributed by atoms with van der Waals surface area (Å²) in [5, 5.41) is 7.33. The third kappa shape index (κ3) is 3.05. The molecule has 0 saturated carbocycles. The maximum Gasteiger partial charge on any atom is 0.122 e. The van der Waals surface area contributed by atoms with Crippen molar-refractivity contribution in [2.24, 2.45) is 5.73 Å². The molecule has 92 valence electrons. The number of amidine groups is 1. The molecule has 1 aliphatic rings. The van der Waals surface area contributed by atoms with Gasteiger partial charge in [0.2, 0.25) is 0 Å². The second kappa shape index (κ2) is 5.29. The molecule has 1 aromatic carbocycles. The Morgan fingerprint density at radius 3 is 2.71 bits per heavy atom. The second-order valence-electron chi connectivity index (χ2n) is 4.49. The fourth-order valence-electron chi connectivity index (χ4n) is 2.18. The van der Waals surface area contributed by atoms with Crippen LogP contribution < -0.4 is 5.73 Å². The molecule has 1 heterocycles. The molecule has 0 radical (unpaired) electrons. The second-order valence-corrected chi connectivity index (χ2v) is 4.49. The third-order valence-corrected chi connectivity index (χ3v) is 3.23. The number of nitrogens with one attached hydrogen (secondary N) is 1. The van der Waals surface area contributed by atoms with Gasteiger partial charge in [0.05, 0.1) is 6.10 Å². The van der Waals surface area contributed by atoms with Gasteiger partial charge in [-0.05, 0) is 12.0 Å². The fraction of sp³-hybridized carbons (Fsp3) is 0.462. The zero-order valence-corrected chi connectivity index (χ0v) is 10.1. The van der Waals surface area contributed by atoms with Gasteiger partial charge in [-0.25, -0.2) is 0 Å². The molecule has 1 aromatic rings. The molecular weight excluding hydrogens is 214 g/mol. The van der Waals surface area contributed by atoms with Crippen LogP contribution in [0.4, 0.5) is 0 Å². The minimum absolute atomic E-state index is 0.122. The van der Waals surface area contributed by atoms with Crippen LogP contribution in [0.25, 0.3) is 0 Å². The highest BCUT2D eigenvalue weighted by Gasteiger charge is 2.21. The lowest BCUT2D eigenvalue weighted by molar-refractivity contribution is 0.107. The van der Waals surface area contributed by atoms with E-state index in [0.717, 1.165) is 31.6 Å². The third-order valence-electron chi connectivity index (χ3n) is 3.23. The number of nitrogen functional groups attached to an aromatic ring is 1. The molecule has 1 atom stereocenters. The molecule has 3 N–H and O–H groups in total. The summed E-state index contributed by atoms with van der Waals surface area (Å²) in [4.78, 5) is 2.39. The van der Waals surface area contributed by atoms with Gasteiger partial charge in [-0.2, -0.15) is 0 Å². The van der Waals surface area contributed by atoms with Gasteiger partial charge in [0.25, 0.3) is 0 Å². The molecule has 1 unspecified atom stereocenters. The molecule has 4 nitrogen and oxygen atoms in total. The molecule has 4 heteroatoms. The van der Waals surface area contributed by atoms with Crippen LogP contribution in [0.3, 0.4) is 0 Å². The summed E-state index contributed by atoms with van der Waals surface area (Å²) in [7, 11) is 1.77. The Labute approximate surface area is 102 Å². The van der Waals surface area contributed by atoms with Crippen molar-refractivity contribution < 1.29 is 4.74 Å². The Kier molecular flexibility index (Phi) is 3.76. The van der Waals surface area contributed by atoms with Crippen molar-refractivity contribution >= 4 is 5.84 Å². The standard InChI is InChI=1S/C13H19N3O/c1-17-12-6-7-16(9-12)8-10-2-4-11(5-3-10)13(14)15/h2-5,12H,6-9H2,1H3,(H3,14,15). The molecule has 1 aliphatic heterocycles. The number of hydrogen-bond donors (Lipinski definition) is 2. The minimum Gasteiger partial charge on any atom is -0.384 e. The number of methoxy groups -OCH3 is 1. The van der Waals surface area contributed by atoms with Gasteiger partial charge in [-0.15, -0.1) is 0 Å². The van der Waals surface area contributed by atoms with Crippen LogP contribution in [0.5, 0.6) is 0 Å². The number of benzene rings is 1. The highest BCUT2D eigenvalue weighted by atomic mass is 16.5. The Balaban J connectivity index is 1.93. The average Bonchev–Trinajstić information content (AvgIpc) is 2.77. The first-order valence-electron chi connectivity index (χ1n) is 5.87.